The molecule has 1 saturated heterocycles. The first-order valence-corrected chi connectivity index (χ1v) is 9.49. The number of piperidine rings is 1. The van der Waals surface area contributed by atoms with Crippen molar-refractivity contribution in [2.45, 2.75) is 12.8 Å². The van der Waals surface area contributed by atoms with Gasteiger partial charge in [0.2, 0.25) is 5.91 Å². The van der Waals surface area contributed by atoms with Crippen LogP contribution >= 0.6 is 0 Å². The van der Waals surface area contributed by atoms with Gasteiger partial charge >= 0.3 is 5.69 Å². The molecule has 1 aliphatic rings. The molecule has 156 valence electrons. The van der Waals surface area contributed by atoms with Gasteiger partial charge in [0.05, 0.1) is 18.2 Å². The summed E-state index contributed by atoms with van der Waals surface area (Å²) in [5.74, 6) is -0.361. The molecule has 30 heavy (non-hydrogen) atoms. The predicted octanol–water partition coefficient (Wildman–Crippen LogP) is 2.61. The van der Waals surface area contributed by atoms with Crippen LogP contribution in [0.25, 0.3) is 0 Å². The summed E-state index contributed by atoms with van der Waals surface area (Å²) in [7, 11) is 1.36. The molecule has 0 saturated carbocycles. The van der Waals surface area contributed by atoms with Gasteiger partial charge in [0.25, 0.3) is 5.91 Å². The fourth-order valence-electron chi connectivity index (χ4n) is 3.30. The molecular weight excluding hydrogens is 388 g/mol. The molecule has 1 aliphatic heterocycles. The van der Waals surface area contributed by atoms with Crippen LogP contribution < -0.4 is 10.2 Å². The standard InChI is InChI=1S/C21H22N4O5/c1-30-19-8-7-15(13-18(19)25(28)29)14-22-23-20(26)16-9-11-24(12-10-16)21(27)17-5-3-2-4-6-17/h2-8,13-14,16H,9-12H2,1H3,(H,23,26)/b22-14-. The molecule has 2 amide bonds. The van der Waals surface area contributed by atoms with Crippen molar-refractivity contribution >= 4 is 23.7 Å². The number of rotatable bonds is 6. The van der Waals surface area contributed by atoms with Crippen molar-refractivity contribution < 1.29 is 19.2 Å². The number of hydrogen-bond acceptors (Lipinski definition) is 6. The van der Waals surface area contributed by atoms with Gasteiger partial charge in [-0.15, -0.1) is 0 Å². The van der Waals surface area contributed by atoms with E-state index in [1.165, 1.54) is 25.5 Å². The number of hydrogen-bond donors (Lipinski definition) is 1. The maximum Gasteiger partial charge on any atom is 0.311 e. The fourth-order valence-corrected chi connectivity index (χ4v) is 3.30. The molecule has 1 N–H and O–H groups in total. The first-order valence-electron chi connectivity index (χ1n) is 9.49. The van der Waals surface area contributed by atoms with E-state index in [2.05, 4.69) is 10.5 Å². The van der Waals surface area contributed by atoms with Crippen molar-refractivity contribution in [1.29, 1.82) is 0 Å². The molecule has 1 heterocycles. The third kappa shape index (κ3) is 4.99. The van der Waals surface area contributed by atoms with E-state index in [9.17, 15) is 19.7 Å². The summed E-state index contributed by atoms with van der Waals surface area (Å²) in [6, 6.07) is 13.5. The Morgan fingerprint density at radius 2 is 1.90 bits per heavy atom. The monoisotopic (exact) mass is 410 g/mol. The summed E-state index contributed by atoms with van der Waals surface area (Å²) in [5.41, 5.74) is 3.40. The maximum atomic E-state index is 12.5. The molecule has 0 bridgehead atoms. The number of benzene rings is 2. The second-order valence-corrected chi connectivity index (χ2v) is 6.86. The molecule has 9 heteroatoms. The van der Waals surface area contributed by atoms with Crippen molar-refractivity contribution in [3.05, 3.63) is 69.8 Å². The van der Waals surface area contributed by atoms with E-state index in [1.54, 1.807) is 23.1 Å². The van der Waals surface area contributed by atoms with Crippen LogP contribution in [-0.2, 0) is 4.79 Å². The average molecular weight is 410 g/mol. The van der Waals surface area contributed by atoms with Gasteiger partial charge in [-0.3, -0.25) is 19.7 Å². The Morgan fingerprint density at radius 3 is 2.53 bits per heavy atom. The minimum atomic E-state index is -0.542. The quantitative estimate of drug-likeness (QED) is 0.447. The van der Waals surface area contributed by atoms with Crippen LogP contribution in [0.1, 0.15) is 28.8 Å². The highest BCUT2D eigenvalue weighted by atomic mass is 16.6. The van der Waals surface area contributed by atoms with Gasteiger partial charge in [0, 0.05) is 36.2 Å². The van der Waals surface area contributed by atoms with E-state index >= 15 is 0 Å². The molecule has 0 aliphatic carbocycles. The highest BCUT2D eigenvalue weighted by Gasteiger charge is 2.27. The van der Waals surface area contributed by atoms with Crippen LogP contribution in [0.15, 0.2) is 53.6 Å². The molecule has 0 aromatic heterocycles. The van der Waals surface area contributed by atoms with E-state index in [0.717, 1.165) is 0 Å². The Balaban J connectivity index is 1.52. The molecule has 1 fully saturated rings. The number of hydrazone groups is 1. The van der Waals surface area contributed by atoms with Crippen LogP contribution in [-0.4, -0.2) is 48.1 Å². The van der Waals surface area contributed by atoms with Crippen molar-refractivity contribution in [2.75, 3.05) is 20.2 Å². The maximum absolute atomic E-state index is 12.5. The highest BCUT2D eigenvalue weighted by Crippen LogP contribution is 2.26. The van der Waals surface area contributed by atoms with Gasteiger partial charge in [0.1, 0.15) is 0 Å². The third-order valence-electron chi connectivity index (χ3n) is 4.96. The number of nitro benzene ring substituents is 1. The summed E-state index contributed by atoms with van der Waals surface area (Å²) in [4.78, 5) is 37.1. The lowest BCUT2D eigenvalue weighted by molar-refractivity contribution is -0.385. The van der Waals surface area contributed by atoms with Gasteiger partial charge < -0.3 is 9.64 Å². The molecule has 0 atom stereocenters. The summed E-state index contributed by atoms with van der Waals surface area (Å²) in [6.45, 7) is 1.00. The average Bonchev–Trinajstić information content (AvgIpc) is 2.79. The first kappa shape index (κ1) is 21.0. The summed E-state index contributed by atoms with van der Waals surface area (Å²) in [5, 5.41) is 15.0. The van der Waals surface area contributed by atoms with Crippen molar-refractivity contribution in [1.82, 2.24) is 10.3 Å². The van der Waals surface area contributed by atoms with Crippen molar-refractivity contribution in [2.24, 2.45) is 11.0 Å². The number of nitrogens with zero attached hydrogens (tertiary/aromatic N) is 3. The molecule has 3 rings (SSSR count). The zero-order valence-electron chi connectivity index (χ0n) is 16.5. The van der Waals surface area contributed by atoms with Crippen LogP contribution in [0.5, 0.6) is 5.75 Å². The van der Waals surface area contributed by atoms with Crippen LogP contribution in [0.4, 0.5) is 5.69 Å². The van der Waals surface area contributed by atoms with Crippen molar-refractivity contribution in [3.8, 4) is 5.75 Å². The topological polar surface area (TPSA) is 114 Å². The number of amides is 2. The Labute approximate surface area is 173 Å². The second kappa shape index (κ2) is 9.64. The third-order valence-corrected chi connectivity index (χ3v) is 4.96. The Morgan fingerprint density at radius 1 is 1.20 bits per heavy atom. The minimum absolute atomic E-state index is 0.0337. The fraction of sp³-hybridized carbons (Fsp3) is 0.286. The van der Waals surface area contributed by atoms with Crippen molar-refractivity contribution in [3.63, 3.8) is 0 Å². The van der Waals surface area contributed by atoms with E-state index in [-0.39, 0.29) is 29.2 Å². The number of methoxy groups -OCH3 is 1. The normalized spacial score (nSPS) is 14.5. The molecule has 0 unspecified atom stereocenters. The largest absolute Gasteiger partial charge is 0.490 e. The predicted molar refractivity (Wildman–Crippen MR) is 110 cm³/mol. The zero-order chi connectivity index (χ0) is 21.5. The van der Waals surface area contributed by atoms with Gasteiger partial charge in [-0.2, -0.15) is 5.10 Å². The highest BCUT2D eigenvalue weighted by molar-refractivity contribution is 5.94. The second-order valence-electron chi connectivity index (χ2n) is 6.86. The number of nitro groups is 1. The molecule has 2 aromatic rings. The molecule has 0 spiro atoms. The van der Waals surface area contributed by atoms with Crippen LogP contribution in [0, 0.1) is 16.0 Å². The van der Waals surface area contributed by atoms with Gasteiger partial charge in [-0.05, 0) is 37.1 Å². The number of likely N-dealkylation sites (tertiary alicyclic amines) is 1. The minimum Gasteiger partial charge on any atom is -0.490 e. The number of nitrogens with one attached hydrogen (secondary N) is 1. The smallest absolute Gasteiger partial charge is 0.311 e. The van der Waals surface area contributed by atoms with Gasteiger partial charge in [0.15, 0.2) is 5.75 Å². The lowest BCUT2D eigenvalue weighted by Gasteiger charge is -2.31. The summed E-state index contributed by atoms with van der Waals surface area (Å²) >= 11 is 0. The molecule has 9 nitrogen and oxygen atoms in total. The molecule has 0 radical (unpaired) electrons. The van der Waals surface area contributed by atoms with E-state index < -0.39 is 4.92 Å². The SMILES string of the molecule is COc1ccc(/C=N\NC(=O)C2CCN(C(=O)c3ccccc3)CC2)cc1[N+](=O)[O-]. The summed E-state index contributed by atoms with van der Waals surface area (Å²) in [6.07, 6.45) is 2.44. The first-order chi connectivity index (χ1) is 14.5. The Kier molecular flexibility index (Phi) is 6.74. The Bertz CT molecular complexity index is 953. The van der Waals surface area contributed by atoms with Crippen LogP contribution in [0.2, 0.25) is 0 Å². The van der Waals surface area contributed by atoms with Gasteiger partial charge in [-0.25, -0.2) is 5.43 Å². The number of carbonyl (C=O) groups excluding carboxylic acids is 2. The molecule has 2 aromatic carbocycles. The van der Waals surface area contributed by atoms with E-state index in [1.807, 2.05) is 18.2 Å². The molecular formula is C21H22N4O5. The van der Waals surface area contributed by atoms with Crippen LogP contribution in [0.3, 0.4) is 0 Å². The van der Waals surface area contributed by atoms with Gasteiger partial charge in [-0.1, -0.05) is 18.2 Å². The van der Waals surface area contributed by atoms with E-state index in [4.69, 9.17) is 4.74 Å². The number of ether oxygens (including phenoxy) is 1. The van der Waals surface area contributed by atoms with E-state index in [0.29, 0.717) is 37.1 Å². The lowest BCUT2D eigenvalue weighted by Crippen LogP contribution is -2.42. The summed E-state index contributed by atoms with van der Waals surface area (Å²) < 4.78 is 4.95. The number of carbonyl (C=O) groups is 2. The lowest BCUT2D eigenvalue weighted by atomic mass is 9.95. The Hall–Kier alpha value is -3.75. The zero-order valence-corrected chi connectivity index (χ0v) is 16.5.